The van der Waals surface area contributed by atoms with Crippen LogP contribution >= 0.6 is 0 Å². The molecule has 0 fully saturated rings. The molecule has 2 atom stereocenters. The summed E-state index contributed by atoms with van der Waals surface area (Å²) in [6, 6.07) is 16.7. The van der Waals surface area contributed by atoms with Gasteiger partial charge in [-0.15, -0.1) is 0 Å². The van der Waals surface area contributed by atoms with Gasteiger partial charge in [0.2, 0.25) is 0 Å². The summed E-state index contributed by atoms with van der Waals surface area (Å²) in [5.74, 6) is -0.380. The third-order valence-corrected chi connectivity index (χ3v) is 5.97. The molecular formula is C25H23F2N. The van der Waals surface area contributed by atoms with Gasteiger partial charge in [0.1, 0.15) is 18.1 Å². The second-order valence-corrected chi connectivity index (χ2v) is 7.77. The van der Waals surface area contributed by atoms with Crippen molar-refractivity contribution in [3.8, 4) is 17.2 Å². The maximum Gasteiger partial charge on any atom is 0.141 e. The van der Waals surface area contributed by atoms with Crippen molar-refractivity contribution < 1.29 is 8.78 Å². The molecule has 1 nitrogen and oxygen atoms in total. The molecule has 0 bridgehead atoms. The van der Waals surface area contributed by atoms with Crippen molar-refractivity contribution in [2.45, 2.75) is 45.2 Å². The summed E-state index contributed by atoms with van der Waals surface area (Å²) in [6.45, 7) is 2.15. The first-order valence-electron chi connectivity index (χ1n) is 9.99. The molecule has 0 saturated carbocycles. The third kappa shape index (κ3) is 3.40. The average Bonchev–Trinajstić information content (AvgIpc) is 2.71. The van der Waals surface area contributed by atoms with Crippen LogP contribution in [0.25, 0.3) is 21.9 Å². The largest absolute Gasteiger partial charge is 0.247 e. The molecule has 4 rings (SSSR count). The minimum Gasteiger partial charge on any atom is -0.247 e. The third-order valence-electron chi connectivity index (χ3n) is 5.97. The standard InChI is InChI=1S/C25H23F2N/c1-2-3-4-20-12-19-7-6-18-11-16(9-10-22(18)23(19)14-25(20)27)17-5-8-21(15-28)24(26)13-17/h5-11,13,20,25H,2-4,12,14H2,1H3. The van der Waals surface area contributed by atoms with Crippen molar-refractivity contribution in [1.29, 1.82) is 5.26 Å². The number of rotatable bonds is 4. The normalized spacial score (nSPS) is 18.6. The molecule has 0 N–H and O–H groups in total. The van der Waals surface area contributed by atoms with E-state index in [4.69, 9.17) is 5.26 Å². The lowest BCUT2D eigenvalue weighted by molar-refractivity contribution is 0.200. The van der Waals surface area contributed by atoms with Crippen LogP contribution in [0.4, 0.5) is 8.78 Å². The van der Waals surface area contributed by atoms with Crippen molar-refractivity contribution in [2.24, 2.45) is 5.92 Å². The Balaban J connectivity index is 1.70. The summed E-state index contributed by atoms with van der Waals surface area (Å²) in [6.07, 6.45) is 3.65. The van der Waals surface area contributed by atoms with Crippen molar-refractivity contribution >= 4 is 10.8 Å². The van der Waals surface area contributed by atoms with Crippen LogP contribution in [-0.4, -0.2) is 6.17 Å². The van der Waals surface area contributed by atoms with E-state index in [-0.39, 0.29) is 11.5 Å². The van der Waals surface area contributed by atoms with E-state index in [9.17, 15) is 8.78 Å². The molecule has 2 unspecified atom stereocenters. The predicted octanol–water partition coefficient (Wildman–Crippen LogP) is 6.76. The molecule has 3 aromatic carbocycles. The van der Waals surface area contributed by atoms with E-state index < -0.39 is 12.0 Å². The molecule has 0 amide bonds. The minimum absolute atomic E-state index is 0.0465. The van der Waals surface area contributed by atoms with Crippen LogP contribution < -0.4 is 0 Å². The molecule has 1 aliphatic carbocycles. The van der Waals surface area contributed by atoms with Crippen LogP contribution in [0.3, 0.4) is 0 Å². The van der Waals surface area contributed by atoms with Crippen LogP contribution in [0.1, 0.15) is 42.9 Å². The number of nitrogens with zero attached hydrogens (tertiary/aromatic N) is 1. The number of hydrogen-bond donors (Lipinski definition) is 0. The van der Waals surface area contributed by atoms with Crippen LogP contribution in [0.15, 0.2) is 48.5 Å². The van der Waals surface area contributed by atoms with Crippen molar-refractivity contribution in [3.05, 3.63) is 71.0 Å². The number of nitriles is 1. The number of halogens is 2. The minimum atomic E-state index is -0.781. The zero-order chi connectivity index (χ0) is 19.7. The van der Waals surface area contributed by atoms with Gasteiger partial charge in [-0.2, -0.15) is 5.26 Å². The molecule has 3 aromatic rings. The molecule has 142 valence electrons. The second-order valence-electron chi connectivity index (χ2n) is 7.77. The molecule has 3 heteroatoms. The van der Waals surface area contributed by atoms with E-state index in [2.05, 4.69) is 19.1 Å². The quantitative estimate of drug-likeness (QED) is 0.494. The monoisotopic (exact) mass is 375 g/mol. The molecule has 0 spiro atoms. The zero-order valence-corrected chi connectivity index (χ0v) is 16.0. The van der Waals surface area contributed by atoms with Crippen molar-refractivity contribution in [2.75, 3.05) is 0 Å². The number of hydrogen-bond acceptors (Lipinski definition) is 1. The Morgan fingerprint density at radius 3 is 2.57 bits per heavy atom. The second kappa shape index (κ2) is 7.72. The summed E-state index contributed by atoms with van der Waals surface area (Å²) in [7, 11) is 0. The predicted molar refractivity (Wildman–Crippen MR) is 109 cm³/mol. The summed E-state index contributed by atoms with van der Waals surface area (Å²) in [5.41, 5.74) is 4.06. The molecular weight excluding hydrogens is 352 g/mol. The first kappa shape index (κ1) is 18.6. The maximum atomic E-state index is 14.8. The molecule has 0 aliphatic heterocycles. The van der Waals surface area contributed by atoms with Gasteiger partial charge in [-0.1, -0.05) is 50.1 Å². The number of alkyl halides is 1. The Bertz CT molecular complexity index is 1060. The van der Waals surface area contributed by atoms with E-state index in [1.807, 2.05) is 24.3 Å². The van der Waals surface area contributed by atoms with Gasteiger partial charge in [-0.3, -0.25) is 0 Å². The Morgan fingerprint density at radius 1 is 1.04 bits per heavy atom. The number of unbranched alkanes of at least 4 members (excludes halogenated alkanes) is 1. The smallest absolute Gasteiger partial charge is 0.141 e. The summed E-state index contributed by atoms with van der Waals surface area (Å²) >= 11 is 0. The number of benzene rings is 3. The van der Waals surface area contributed by atoms with Crippen LogP contribution in [-0.2, 0) is 12.8 Å². The lowest BCUT2D eigenvalue weighted by Gasteiger charge is -2.29. The van der Waals surface area contributed by atoms with E-state index in [1.165, 1.54) is 17.7 Å². The lowest BCUT2D eigenvalue weighted by Crippen LogP contribution is -2.27. The molecule has 0 saturated heterocycles. The highest BCUT2D eigenvalue weighted by molar-refractivity contribution is 5.91. The first-order chi connectivity index (χ1) is 13.6. The molecule has 0 aromatic heterocycles. The zero-order valence-electron chi connectivity index (χ0n) is 16.0. The first-order valence-corrected chi connectivity index (χ1v) is 9.99. The summed E-state index contributed by atoms with van der Waals surface area (Å²) < 4.78 is 28.7. The van der Waals surface area contributed by atoms with E-state index in [1.54, 1.807) is 6.07 Å². The van der Waals surface area contributed by atoms with Gasteiger partial charge < -0.3 is 0 Å². The maximum absolute atomic E-state index is 14.8. The van der Waals surface area contributed by atoms with Crippen LogP contribution in [0.2, 0.25) is 0 Å². The van der Waals surface area contributed by atoms with Gasteiger partial charge in [0.05, 0.1) is 5.56 Å². The summed E-state index contributed by atoms with van der Waals surface area (Å²) in [4.78, 5) is 0. The molecule has 0 heterocycles. The fraction of sp³-hybridized carbons (Fsp3) is 0.320. The van der Waals surface area contributed by atoms with Gasteiger partial charge in [0.25, 0.3) is 0 Å². The Morgan fingerprint density at radius 2 is 1.82 bits per heavy atom. The van der Waals surface area contributed by atoms with Gasteiger partial charge in [-0.05, 0) is 70.0 Å². The van der Waals surface area contributed by atoms with Gasteiger partial charge in [0, 0.05) is 6.42 Å². The Labute approximate surface area is 164 Å². The SMILES string of the molecule is CCCCC1Cc2ccc3cc(-c4ccc(C#N)c(F)c4)ccc3c2CC1F. The molecule has 0 radical (unpaired) electrons. The highest BCUT2D eigenvalue weighted by atomic mass is 19.1. The lowest BCUT2D eigenvalue weighted by atomic mass is 9.78. The van der Waals surface area contributed by atoms with E-state index >= 15 is 0 Å². The Kier molecular flexibility index (Phi) is 5.13. The van der Waals surface area contributed by atoms with E-state index in [0.717, 1.165) is 53.1 Å². The highest BCUT2D eigenvalue weighted by Gasteiger charge is 2.28. The van der Waals surface area contributed by atoms with Crippen molar-refractivity contribution in [1.82, 2.24) is 0 Å². The molecule has 1 aliphatic rings. The van der Waals surface area contributed by atoms with Gasteiger partial charge in [-0.25, -0.2) is 8.78 Å². The fourth-order valence-electron chi connectivity index (χ4n) is 4.36. The Hall–Kier alpha value is -2.73. The van der Waals surface area contributed by atoms with Gasteiger partial charge >= 0.3 is 0 Å². The van der Waals surface area contributed by atoms with Gasteiger partial charge in [0.15, 0.2) is 0 Å². The van der Waals surface area contributed by atoms with Crippen molar-refractivity contribution in [3.63, 3.8) is 0 Å². The summed E-state index contributed by atoms with van der Waals surface area (Å²) in [5, 5.41) is 11.0. The van der Waals surface area contributed by atoms with Crippen LogP contribution in [0, 0.1) is 23.1 Å². The molecule has 28 heavy (non-hydrogen) atoms. The topological polar surface area (TPSA) is 23.8 Å². The highest BCUT2D eigenvalue weighted by Crippen LogP contribution is 2.36. The van der Waals surface area contributed by atoms with E-state index in [0.29, 0.717) is 6.42 Å². The fourth-order valence-corrected chi connectivity index (χ4v) is 4.36. The number of fused-ring (bicyclic) bond motifs is 3. The van der Waals surface area contributed by atoms with Crippen LogP contribution in [0.5, 0.6) is 0 Å². The average molecular weight is 375 g/mol.